The molecular weight excluding hydrogens is 248 g/mol. The summed E-state index contributed by atoms with van der Waals surface area (Å²) < 4.78 is 5.73. The smallest absolute Gasteiger partial charge is 0.257 e. The molecule has 1 aromatic heterocycles. The van der Waals surface area contributed by atoms with Crippen LogP contribution in [0, 0.1) is 27.7 Å². The maximum absolute atomic E-state index is 6.04. The van der Waals surface area contributed by atoms with Gasteiger partial charge in [-0.05, 0) is 39.3 Å². The van der Waals surface area contributed by atoms with Gasteiger partial charge in [-0.3, -0.25) is 0 Å². The van der Waals surface area contributed by atoms with Crippen molar-refractivity contribution in [3.63, 3.8) is 0 Å². The number of rotatable bonds is 2. The zero-order valence-corrected chi connectivity index (χ0v) is 11.7. The second-order valence-corrected chi connectivity index (χ2v) is 4.72. The zero-order valence-electron chi connectivity index (χ0n) is 10.9. The van der Waals surface area contributed by atoms with Gasteiger partial charge in [0.2, 0.25) is 0 Å². The van der Waals surface area contributed by atoms with E-state index in [0.717, 1.165) is 22.7 Å². The van der Waals surface area contributed by atoms with Gasteiger partial charge in [0.05, 0.1) is 11.4 Å². The summed E-state index contributed by atoms with van der Waals surface area (Å²) >= 11 is 6.04. The van der Waals surface area contributed by atoms with E-state index in [1.54, 1.807) is 0 Å². The van der Waals surface area contributed by atoms with Gasteiger partial charge in [-0.1, -0.05) is 29.3 Å². The Balaban J connectivity index is 2.37. The Morgan fingerprint density at radius 3 is 2.33 bits per heavy atom. The van der Waals surface area contributed by atoms with Gasteiger partial charge in [0, 0.05) is 0 Å². The lowest BCUT2D eigenvalue weighted by atomic mass is 10.1. The fraction of sp³-hybridized carbons (Fsp3) is 0.286. The van der Waals surface area contributed by atoms with Gasteiger partial charge in [-0.25, -0.2) is 9.97 Å². The summed E-state index contributed by atoms with van der Waals surface area (Å²) in [6.45, 7) is 7.78. The third-order valence-electron chi connectivity index (χ3n) is 2.77. The quantitative estimate of drug-likeness (QED) is 0.815. The molecule has 2 rings (SSSR count). The van der Waals surface area contributed by atoms with Gasteiger partial charge >= 0.3 is 0 Å². The highest BCUT2D eigenvalue weighted by molar-refractivity contribution is 6.30. The fourth-order valence-electron chi connectivity index (χ4n) is 1.64. The number of ether oxygens (including phenoxy) is 1. The third-order valence-corrected chi connectivity index (χ3v) is 3.02. The molecule has 1 aromatic carbocycles. The summed E-state index contributed by atoms with van der Waals surface area (Å²) in [5.74, 6) is 1.10. The molecule has 94 valence electrons. The number of hydrogen-bond donors (Lipinski definition) is 0. The van der Waals surface area contributed by atoms with E-state index >= 15 is 0 Å². The van der Waals surface area contributed by atoms with Crippen LogP contribution in [0.1, 0.15) is 22.5 Å². The molecule has 0 bridgehead atoms. The van der Waals surface area contributed by atoms with Crippen molar-refractivity contribution in [2.24, 2.45) is 0 Å². The van der Waals surface area contributed by atoms with Crippen LogP contribution in [0.3, 0.4) is 0 Å². The molecule has 0 spiro atoms. The fourth-order valence-corrected chi connectivity index (χ4v) is 1.85. The van der Waals surface area contributed by atoms with Crippen LogP contribution in [0.2, 0.25) is 5.15 Å². The lowest BCUT2D eigenvalue weighted by molar-refractivity contribution is 0.455. The Bertz CT molecular complexity index is 597. The molecule has 0 N–H and O–H groups in total. The molecular formula is C14H15ClN2O. The standard InChI is InChI=1S/C14H15ClN2O/c1-8-5-6-12(9(2)7-8)18-14-13(15)16-10(3)11(4)17-14/h5-7H,1-4H3. The molecule has 0 atom stereocenters. The maximum Gasteiger partial charge on any atom is 0.257 e. The highest BCUT2D eigenvalue weighted by atomic mass is 35.5. The largest absolute Gasteiger partial charge is 0.436 e. The van der Waals surface area contributed by atoms with Crippen molar-refractivity contribution in [1.82, 2.24) is 9.97 Å². The van der Waals surface area contributed by atoms with Crippen LogP contribution in [-0.4, -0.2) is 9.97 Å². The Kier molecular flexibility index (Phi) is 3.53. The topological polar surface area (TPSA) is 35.0 Å². The van der Waals surface area contributed by atoms with E-state index < -0.39 is 0 Å². The first-order valence-electron chi connectivity index (χ1n) is 5.73. The van der Waals surface area contributed by atoms with Crippen molar-refractivity contribution < 1.29 is 4.74 Å². The summed E-state index contributed by atoms with van der Waals surface area (Å²) in [4.78, 5) is 8.51. The van der Waals surface area contributed by atoms with Crippen LogP contribution in [0.4, 0.5) is 0 Å². The first-order valence-corrected chi connectivity index (χ1v) is 6.11. The van der Waals surface area contributed by atoms with Crippen molar-refractivity contribution in [3.05, 3.63) is 45.9 Å². The molecule has 0 saturated carbocycles. The second kappa shape index (κ2) is 4.94. The molecule has 0 aliphatic rings. The van der Waals surface area contributed by atoms with E-state index in [0.29, 0.717) is 5.88 Å². The summed E-state index contributed by atoms with van der Waals surface area (Å²) in [6, 6.07) is 5.96. The Morgan fingerprint density at radius 2 is 1.67 bits per heavy atom. The summed E-state index contributed by atoms with van der Waals surface area (Å²) in [5, 5.41) is 0.290. The number of halogens is 1. The molecule has 3 nitrogen and oxygen atoms in total. The minimum Gasteiger partial charge on any atom is -0.436 e. The summed E-state index contributed by atoms with van der Waals surface area (Å²) in [6.07, 6.45) is 0. The second-order valence-electron chi connectivity index (χ2n) is 4.36. The van der Waals surface area contributed by atoms with Gasteiger partial charge in [0.1, 0.15) is 5.75 Å². The van der Waals surface area contributed by atoms with Crippen molar-refractivity contribution in [2.45, 2.75) is 27.7 Å². The number of hydrogen-bond acceptors (Lipinski definition) is 3. The number of nitrogens with zero attached hydrogens (tertiary/aromatic N) is 2. The van der Waals surface area contributed by atoms with E-state index in [9.17, 15) is 0 Å². The molecule has 0 amide bonds. The van der Waals surface area contributed by atoms with E-state index in [1.807, 2.05) is 39.8 Å². The predicted octanol–water partition coefficient (Wildman–Crippen LogP) is 4.16. The van der Waals surface area contributed by atoms with E-state index in [-0.39, 0.29) is 5.15 Å². The molecule has 0 aliphatic carbocycles. The van der Waals surface area contributed by atoms with Crippen molar-refractivity contribution >= 4 is 11.6 Å². The van der Waals surface area contributed by atoms with Crippen LogP contribution in [0.5, 0.6) is 11.6 Å². The first-order chi connectivity index (χ1) is 8.47. The molecule has 0 fully saturated rings. The predicted molar refractivity (Wildman–Crippen MR) is 72.5 cm³/mol. The zero-order chi connectivity index (χ0) is 13.3. The van der Waals surface area contributed by atoms with Gasteiger partial charge in [-0.15, -0.1) is 0 Å². The van der Waals surface area contributed by atoms with Crippen LogP contribution < -0.4 is 4.74 Å². The Hall–Kier alpha value is -1.61. The lowest BCUT2D eigenvalue weighted by Crippen LogP contribution is -1.98. The molecule has 0 aliphatic heterocycles. The minimum atomic E-state index is 0.290. The maximum atomic E-state index is 6.04. The Morgan fingerprint density at radius 1 is 1.00 bits per heavy atom. The van der Waals surface area contributed by atoms with Crippen molar-refractivity contribution in [2.75, 3.05) is 0 Å². The minimum absolute atomic E-state index is 0.290. The van der Waals surface area contributed by atoms with Crippen LogP contribution in [0.25, 0.3) is 0 Å². The van der Waals surface area contributed by atoms with Gasteiger partial charge < -0.3 is 4.74 Å². The first kappa shape index (κ1) is 12.8. The average molecular weight is 263 g/mol. The van der Waals surface area contributed by atoms with E-state index in [4.69, 9.17) is 16.3 Å². The normalized spacial score (nSPS) is 10.5. The highest BCUT2D eigenvalue weighted by Gasteiger charge is 2.10. The van der Waals surface area contributed by atoms with Gasteiger partial charge in [0.25, 0.3) is 5.88 Å². The number of aryl methyl sites for hydroxylation is 4. The number of benzene rings is 1. The molecule has 0 radical (unpaired) electrons. The van der Waals surface area contributed by atoms with Crippen LogP contribution in [0.15, 0.2) is 18.2 Å². The van der Waals surface area contributed by atoms with Crippen LogP contribution >= 0.6 is 11.6 Å². The summed E-state index contributed by atoms with van der Waals surface area (Å²) in [5.41, 5.74) is 3.87. The third kappa shape index (κ3) is 2.62. The van der Waals surface area contributed by atoms with Gasteiger partial charge in [0.15, 0.2) is 5.15 Å². The molecule has 0 saturated heterocycles. The lowest BCUT2D eigenvalue weighted by Gasteiger charge is -2.10. The average Bonchev–Trinajstić information content (AvgIpc) is 2.29. The molecule has 18 heavy (non-hydrogen) atoms. The molecule has 2 aromatic rings. The van der Waals surface area contributed by atoms with Gasteiger partial charge in [-0.2, -0.15) is 0 Å². The van der Waals surface area contributed by atoms with Crippen LogP contribution in [-0.2, 0) is 0 Å². The number of aromatic nitrogens is 2. The Labute approximate surface area is 112 Å². The molecule has 1 heterocycles. The highest BCUT2D eigenvalue weighted by Crippen LogP contribution is 2.29. The SMILES string of the molecule is Cc1ccc(Oc2nc(C)c(C)nc2Cl)c(C)c1. The van der Waals surface area contributed by atoms with Crippen molar-refractivity contribution in [3.8, 4) is 11.6 Å². The monoisotopic (exact) mass is 262 g/mol. The molecule has 0 unspecified atom stereocenters. The van der Waals surface area contributed by atoms with E-state index in [2.05, 4.69) is 16.0 Å². The summed E-state index contributed by atoms with van der Waals surface area (Å²) in [7, 11) is 0. The van der Waals surface area contributed by atoms with E-state index in [1.165, 1.54) is 5.56 Å². The van der Waals surface area contributed by atoms with Crippen molar-refractivity contribution in [1.29, 1.82) is 0 Å². The molecule has 4 heteroatoms.